The van der Waals surface area contributed by atoms with Gasteiger partial charge in [0.1, 0.15) is 5.82 Å². The van der Waals surface area contributed by atoms with E-state index in [1.54, 1.807) is 10.6 Å². The minimum absolute atomic E-state index is 0.156. The number of hydrogen-bond donors (Lipinski definition) is 2. The largest absolute Gasteiger partial charge is 0.391 e. The average Bonchev–Trinajstić information content (AvgIpc) is 3.22. The maximum absolute atomic E-state index is 12.4. The smallest absolute Gasteiger partial charge is 0.272 e. The standard InChI is InChI=1S/C20H21N5O2/c26-15-8-9-24(12-15)19-11-16(13-4-2-1-3-5-13)22-18-10-17(23-25(18)19)20(27)21-14-6-7-14/h1-5,10-11,14-15,26H,6-9,12H2,(H,21,27). The maximum Gasteiger partial charge on any atom is 0.272 e. The number of aromatic nitrogens is 3. The van der Waals surface area contributed by atoms with Crippen molar-refractivity contribution in [2.75, 3.05) is 18.0 Å². The first-order chi connectivity index (χ1) is 13.2. The van der Waals surface area contributed by atoms with Crippen LogP contribution >= 0.6 is 0 Å². The van der Waals surface area contributed by atoms with Crippen molar-refractivity contribution in [2.24, 2.45) is 0 Å². The zero-order chi connectivity index (χ0) is 18.4. The molecule has 7 nitrogen and oxygen atoms in total. The van der Waals surface area contributed by atoms with Crippen LogP contribution in [0.2, 0.25) is 0 Å². The van der Waals surface area contributed by atoms with Gasteiger partial charge >= 0.3 is 0 Å². The number of rotatable bonds is 4. The number of β-amino-alcohol motifs (C(OH)–C–C–N with tert-alkyl or cyclic N) is 1. The quantitative estimate of drug-likeness (QED) is 0.739. The molecule has 3 aromatic rings. The molecule has 1 aliphatic heterocycles. The summed E-state index contributed by atoms with van der Waals surface area (Å²) in [5.74, 6) is 0.692. The second kappa shape index (κ2) is 6.35. The summed E-state index contributed by atoms with van der Waals surface area (Å²) in [4.78, 5) is 19.3. The van der Waals surface area contributed by atoms with Crippen molar-refractivity contribution in [3.8, 4) is 11.3 Å². The molecule has 2 aromatic heterocycles. The minimum atomic E-state index is -0.346. The molecule has 3 heterocycles. The van der Waals surface area contributed by atoms with Gasteiger partial charge in [-0.15, -0.1) is 0 Å². The van der Waals surface area contributed by atoms with Crippen LogP contribution in [0.3, 0.4) is 0 Å². The molecule has 1 aliphatic carbocycles. The van der Waals surface area contributed by atoms with E-state index in [4.69, 9.17) is 4.98 Å². The molecule has 138 valence electrons. The molecule has 0 spiro atoms. The van der Waals surface area contributed by atoms with E-state index in [-0.39, 0.29) is 18.1 Å². The van der Waals surface area contributed by atoms with E-state index in [1.807, 2.05) is 36.4 Å². The van der Waals surface area contributed by atoms with E-state index in [0.717, 1.165) is 42.9 Å². The summed E-state index contributed by atoms with van der Waals surface area (Å²) in [6, 6.07) is 14.0. The van der Waals surface area contributed by atoms with Crippen LogP contribution in [-0.2, 0) is 0 Å². The van der Waals surface area contributed by atoms with Crippen LogP contribution < -0.4 is 10.2 Å². The normalized spacial score (nSPS) is 19.6. The molecule has 2 fully saturated rings. The second-order valence-electron chi connectivity index (χ2n) is 7.30. The molecule has 1 amide bonds. The third-order valence-electron chi connectivity index (χ3n) is 5.11. The lowest BCUT2D eigenvalue weighted by atomic mass is 10.1. The van der Waals surface area contributed by atoms with Crippen molar-refractivity contribution >= 4 is 17.4 Å². The van der Waals surface area contributed by atoms with Gasteiger partial charge in [0.2, 0.25) is 0 Å². The van der Waals surface area contributed by atoms with Gasteiger partial charge in [-0.05, 0) is 19.3 Å². The number of nitrogens with zero attached hydrogens (tertiary/aromatic N) is 4. The number of benzene rings is 1. The first kappa shape index (κ1) is 16.3. The van der Waals surface area contributed by atoms with Gasteiger partial charge in [-0.1, -0.05) is 30.3 Å². The molecule has 7 heteroatoms. The van der Waals surface area contributed by atoms with Crippen LogP contribution in [0.15, 0.2) is 42.5 Å². The number of nitrogens with one attached hydrogen (secondary N) is 1. The molecule has 1 atom stereocenters. The van der Waals surface area contributed by atoms with Crippen molar-refractivity contribution in [2.45, 2.75) is 31.4 Å². The van der Waals surface area contributed by atoms with Crippen molar-refractivity contribution in [1.82, 2.24) is 19.9 Å². The maximum atomic E-state index is 12.4. The number of amides is 1. The molecular weight excluding hydrogens is 342 g/mol. The van der Waals surface area contributed by atoms with E-state index in [9.17, 15) is 9.90 Å². The highest BCUT2D eigenvalue weighted by Crippen LogP contribution is 2.27. The zero-order valence-corrected chi connectivity index (χ0v) is 14.9. The van der Waals surface area contributed by atoms with Crippen LogP contribution in [0, 0.1) is 0 Å². The Kier molecular flexibility index (Phi) is 3.82. The molecule has 1 saturated carbocycles. The van der Waals surface area contributed by atoms with Crippen molar-refractivity contribution in [3.63, 3.8) is 0 Å². The highest BCUT2D eigenvalue weighted by Gasteiger charge is 2.27. The SMILES string of the molecule is O=C(NC1CC1)c1cc2nc(-c3ccccc3)cc(N3CCC(O)C3)n2n1. The van der Waals surface area contributed by atoms with Crippen LogP contribution in [0.5, 0.6) is 0 Å². The fraction of sp³-hybridized carbons (Fsp3) is 0.350. The van der Waals surface area contributed by atoms with Crippen LogP contribution in [0.4, 0.5) is 5.82 Å². The lowest BCUT2D eigenvalue weighted by Gasteiger charge is -2.19. The summed E-state index contributed by atoms with van der Waals surface area (Å²) in [5, 5.41) is 17.5. The Morgan fingerprint density at radius 1 is 1.15 bits per heavy atom. The van der Waals surface area contributed by atoms with Crippen molar-refractivity contribution < 1.29 is 9.90 Å². The Morgan fingerprint density at radius 2 is 1.96 bits per heavy atom. The third kappa shape index (κ3) is 3.14. The van der Waals surface area contributed by atoms with Gasteiger partial charge in [-0.2, -0.15) is 9.61 Å². The Balaban J connectivity index is 1.61. The Bertz CT molecular complexity index is 996. The molecule has 5 rings (SSSR count). The lowest BCUT2D eigenvalue weighted by Crippen LogP contribution is -2.26. The number of aliphatic hydroxyl groups excluding tert-OH is 1. The summed E-state index contributed by atoms with van der Waals surface area (Å²) in [6.45, 7) is 1.30. The summed E-state index contributed by atoms with van der Waals surface area (Å²) in [6.07, 6.45) is 2.45. The molecule has 1 saturated heterocycles. The number of hydrogen-bond acceptors (Lipinski definition) is 5. The molecule has 27 heavy (non-hydrogen) atoms. The fourth-order valence-corrected chi connectivity index (χ4v) is 3.49. The average molecular weight is 363 g/mol. The third-order valence-corrected chi connectivity index (χ3v) is 5.11. The van der Waals surface area contributed by atoms with Gasteiger partial charge in [0.25, 0.3) is 5.91 Å². The summed E-state index contributed by atoms with van der Waals surface area (Å²) in [5.41, 5.74) is 2.84. The fourth-order valence-electron chi connectivity index (χ4n) is 3.49. The Hall–Kier alpha value is -2.93. The molecule has 0 bridgehead atoms. The number of fused-ring (bicyclic) bond motifs is 1. The monoisotopic (exact) mass is 363 g/mol. The zero-order valence-electron chi connectivity index (χ0n) is 14.9. The minimum Gasteiger partial charge on any atom is -0.391 e. The first-order valence-corrected chi connectivity index (χ1v) is 9.37. The van der Waals surface area contributed by atoms with Gasteiger partial charge in [0.15, 0.2) is 11.3 Å². The van der Waals surface area contributed by atoms with Crippen molar-refractivity contribution in [3.05, 3.63) is 48.2 Å². The topological polar surface area (TPSA) is 82.8 Å². The van der Waals surface area contributed by atoms with Crippen LogP contribution in [0.1, 0.15) is 29.8 Å². The number of aliphatic hydroxyl groups is 1. The van der Waals surface area contributed by atoms with E-state index < -0.39 is 0 Å². The van der Waals surface area contributed by atoms with E-state index in [0.29, 0.717) is 17.9 Å². The predicted octanol–water partition coefficient (Wildman–Crippen LogP) is 1.86. The van der Waals surface area contributed by atoms with E-state index in [1.165, 1.54) is 0 Å². The van der Waals surface area contributed by atoms with Crippen LogP contribution in [0.25, 0.3) is 16.9 Å². The van der Waals surface area contributed by atoms with Gasteiger partial charge in [0, 0.05) is 36.8 Å². The number of anilines is 1. The lowest BCUT2D eigenvalue weighted by molar-refractivity contribution is 0.0945. The van der Waals surface area contributed by atoms with Crippen molar-refractivity contribution in [1.29, 1.82) is 0 Å². The van der Waals surface area contributed by atoms with Gasteiger partial charge in [-0.25, -0.2) is 4.98 Å². The molecule has 1 aromatic carbocycles. The molecule has 2 aliphatic rings. The molecule has 1 unspecified atom stereocenters. The van der Waals surface area contributed by atoms with E-state index >= 15 is 0 Å². The molecular formula is C20H21N5O2. The summed E-state index contributed by atoms with van der Waals surface area (Å²) in [7, 11) is 0. The number of carbonyl (C=O) groups is 1. The summed E-state index contributed by atoms with van der Waals surface area (Å²) < 4.78 is 1.71. The van der Waals surface area contributed by atoms with Gasteiger partial charge in [0.05, 0.1) is 11.8 Å². The molecule has 0 radical (unpaired) electrons. The van der Waals surface area contributed by atoms with Crippen LogP contribution in [-0.4, -0.2) is 50.8 Å². The second-order valence-corrected chi connectivity index (χ2v) is 7.30. The van der Waals surface area contributed by atoms with Gasteiger partial charge < -0.3 is 15.3 Å². The van der Waals surface area contributed by atoms with E-state index in [2.05, 4.69) is 15.3 Å². The Labute approximate surface area is 156 Å². The highest BCUT2D eigenvalue weighted by atomic mass is 16.3. The predicted molar refractivity (Wildman–Crippen MR) is 102 cm³/mol. The summed E-state index contributed by atoms with van der Waals surface area (Å²) >= 11 is 0. The highest BCUT2D eigenvalue weighted by molar-refractivity contribution is 5.94. The van der Waals surface area contributed by atoms with Gasteiger partial charge in [-0.3, -0.25) is 4.79 Å². The molecule has 2 N–H and O–H groups in total. The number of carbonyl (C=O) groups excluding carboxylic acids is 1. The first-order valence-electron chi connectivity index (χ1n) is 9.37. The Morgan fingerprint density at radius 3 is 2.67 bits per heavy atom.